The van der Waals surface area contributed by atoms with Gasteiger partial charge in [0.1, 0.15) is 12.2 Å². The smallest absolute Gasteiger partial charge is 0.374 e. The molecule has 0 saturated heterocycles. The molecular weight excluding hydrogens is 318 g/mol. The van der Waals surface area contributed by atoms with Gasteiger partial charge in [0.2, 0.25) is 5.76 Å². The van der Waals surface area contributed by atoms with Gasteiger partial charge in [-0.2, -0.15) is 0 Å². The zero-order chi connectivity index (χ0) is 17.3. The van der Waals surface area contributed by atoms with E-state index in [0.717, 1.165) is 17.7 Å². The normalized spacial score (nSPS) is 10.8. The highest BCUT2D eigenvalue weighted by molar-refractivity contribution is 5.89. The van der Waals surface area contributed by atoms with Gasteiger partial charge >= 0.3 is 5.97 Å². The number of aryl methyl sites for hydroxylation is 1. The van der Waals surface area contributed by atoms with Crippen molar-refractivity contribution < 1.29 is 22.7 Å². The van der Waals surface area contributed by atoms with Gasteiger partial charge in [0.15, 0.2) is 17.1 Å². The molecule has 6 heteroatoms. The number of carbonyl (C=O) groups is 1. The third-order valence-electron chi connectivity index (χ3n) is 3.47. The van der Waals surface area contributed by atoms with Crippen LogP contribution in [0.1, 0.15) is 21.7 Å². The topological polar surface area (TPSA) is 56.5 Å². The average Bonchev–Trinajstić information content (AvgIpc) is 2.56. The molecule has 122 valence electrons. The van der Waals surface area contributed by atoms with Gasteiger partial charge in [0, 0.05) is 11.6 Å². The van der Waals surface area contributed by atoms with Crippen LogP contribution in [-0.4, -0.2) is 5.97 Å². The first-order valence-corrected chi connectivity index (χ1v) is 7.10. The second-order valence-electron chi connectivity index (χ2n) is 5.26. The minimum Gasteiger partial charge on any atom is -0.455 e. The molecule has 0 N–H and O–H groups in total. The van der Waals surface area contributed by atoms with E-state index in [1.807, 2.05) is 6.92 Å². The lowest BCUT2D eigenvalue weighted by atomic mass is 10.1. The monoisotopic (exact) mass is 330 g/mol. The van der Waals surface area contributed by atoms with Crippen LogP contribution in [0, 0.1) is 18.6 Å². The lowest BCUT2D eigenvalue weighted by molar-refractivity contribution is 0.0432. The second kappa shape index (κ2) is 6.23. The molecule has 0 spiro atoms. The summed E-state index contributed by atoms with van der Waals surface area (Å²) in [4.78, 5) is 24.1. The first-order chi connectivity index (χ1) is 11.5. The van der Waals surface area contributed by atoms with Crippen LogP contribution in [0.4, 0.5) is 8.78 Å². The van der Waals surface area contributed by atoms with E-state index in [-0.39, 0.29) is 22.3 Å². The first kappa shape index (κ1) is 15.9. The fraction of sp³-hybridized carbons (Fsp3) is 0.111. The van der Waals surface area contributed by atoms with E-state index in [1.165, 1.54) is 12.1 Å². The van der Waals surface area contributed by atoms with Crippen LogP contribution in [-0.2, 0) is 11.3 Å². The van der Waals surface area contributed by atoms with Crippen molar-refractivity contribution in [3.8, 4) is 0 Å². The predicted molar refractivity (Wildman–Crippen MR) is 82.7 cm³/mol. The molecule has 1 heterocycles. The van der Waals surface area contributed by atoms with Gasteiger partial charge < -0.3 is 9.15 Å². The number of ether oxygens (including phenoxy) is 1. The van der Waals surface area contributed by atoms with Crippen LogP contribution < -0.4 is 5.43 Å². The van der Waals surface area contributed by atoms with Crippen LogP contribution in [0.25, 0.3) is 11.0 Å². The van der Waals surface area contributed by atoms with Crippen molar-refractivity contribution in [3.63, 3.8) is 0 Å². The summed E-state index contributed by atoms with van der Waals surface area (Å²) in [5.74, 6) is -3.34. The Balaban J connectivity index is 1.85. The Kier molecular flexibility index (Phi) is 4.12. The third kappa shape index (κ3) is 3.03. The van der Waals surface area contributed by atoms with Crippen LogP contribution in [0.3, 0.4) is 0 Å². The highest BCUT2D eigenvalue weighted by Gasteiger charge is 2.16. The summed E-state index contributed by atoms with van der Waals surface area (Å²) in [7, 11) is 0. The van der Waals surface area contributed by atoms with Crippen molar-refractivity contribution in [1.82, 2.24) is 0 Å². The van der Waals surface area contributed by atoms with E-state index in [0.29, 0.717) is 5.39 Å². The largest absolute Gasteiger partial charge is 0.455 e. The highest BCUT2D eigenvalue weighted by Crippen LogP contribution is 2.16. The predicted octanol–water partition coefficient (Wildman–Crippen LogP) is 3.74. The maximum atomic E-state index is 13.5. The summed E-state index contributed by atoms with van der Waals surface area (Å²) in [5, 5.41) is 0.350. The van der Waals surface area contributed by atoms with Gasteiger partial charge in [-0.25, -0.2) is 13.6 Å². The molecule has 2 aromatic carbocycles. The van der Waals surface area contributed by atoms with E-state index in [4.69, 9.17) is 9.15 Å². The van der Waals surface area contributed by atoms with Gasteiger partial charge in [-0.05, 0) is 25.1 Å². The van der Waals surface area contributed by atoms with Crippen LogP contribution in [0.15, 0.2) is 51.7 Å². The molecule has 3 rings (SSSR count). The van der Waals surface area contributed by atoms with Gasteiger partial charge in [0.05, 0.1) is 5.39 Å². The van der Waals surface area contributed by atoms with Gasteiger partial charge in [-0.1, -0.05) is 23.8 Å². The molecule has 0 saturated carbocycles. The molecule has 3 aromatic rings. The number of esters is 1. The zero-order valence-corrected chi connectivity index (χ0v) is 12.6. The molecule has 0 fully saturated rings. The van der Waals surface area contributed by atoms with E-state index in [1.54, 1.807) is 18.2 Å². The highest BCUT2D eigenvalue weighted by atomic mass is 19.2. The quantitative estimate of drug-likeness (QED) is 0.687. The van der Waals surface area contributed by atoms with Crippen molar-refractivity contribution in [1.29, 1.82) is 0 Å². The third-order valence-corrected chi connectivity index (χ3v) is 3.47. The number of hydrogen-bond donors (Lipinski definition) is 0. The molecule has 0 unspecified atom stereocenters. The standard InChI is InChI=1S/C18H12F2O4/c1-10-5-6-15-12(7-10)14(21)8-16(24-15)18(22)23-9-11-3-2-4-13(19)17(11)20/h2-8H,9H2,1H3. The molecule has 0 aliphatic rings. The maximum absolute atomic E-state index is 13.5. The molecule has 0 bridgehead atoms. The Morgan fingerprint density at radius 2 is 1.96 bits per heavy atom. The molecule has 0 aliphatic heterocycles. The molecule has 0 atom stereocenters. The summed E-state index contributed by atoms with van der Waals surface area (Å²) in [6.07, 6.45) is 0. The summed E-state index contributed by atoms with van der Waals surface area (Å²) < 4.78 is 36.9. The average molecular weight is 330 g/mol. The lowest BCUT2D eigenvalue weighted by Gasteiger charge is -2.06. The number of hydrogen-bond acceptors (Lipinski definition) is 4. The maximum Gasteiger partial charge on any atom is 0.374 e. The van der Waals surface area contributed by atoms with Crippen LogP contribution in [0.5, 0.6) is 0 Å². The van der Waals surface area contributed by atoms with Crippen molar-refractivity contribution in [3.05, 3.63) is 81.2 Å². The van der Waals surface area contributed by atoms with E-state index < -0.39 is 24.2 Å². The molecule has 4 nitrogen and oxygen atoms in total. The van der Waals surface area contributed by atoms with E-state index in [9.17, 15) is 18.4 Å². The zero-order valence-electron chi connectivity index (χ0n) is 12.6. The van der Waals surface area contributed by atoms with E-state index in [2.05, 4.69) is 0 Å². The fourth-order valence-corrected chi connectivity index (χ4v) is 2.25. The Bertz CT molecular complexity index is 992. The summed E-state index contributed by atoms with van der Waals surface area (Å²) in [6, 6.07) is 9.55. The second-order valence-corrected chi connectivity index (χ2v) is 5.26. The van der Waals surface area contributed by atoms with Crippen LogP contribution >= 0.6 is 0 Å². The number of rotatable bonds is 3. The number of fused-ring (bicyclic) bond motifs is 1. The Hall–Kier alpha value is -3.02. The van der Waals surface area contributed by atoms with Crippen molar-refractivity contribution in [2.75, 3.05) is 0 Å². The Morgan fingerprint density at radius 1 is 1.17 bits per heavy atom. The summed E-state index contributed by atoms with van der Waals surface area (Å²) >= 11 is 0. The van der Waals surface area contributed by atoms with Crippen molar-refractivity contribution in [2.24, 2.45) is 0 Å². The minimum absolute atomic E-state index is 0.109. The van der Waals surface area contributed by atoms with Gasteiger partial charge in [0.25, 0.3) is 0 Å². The number of benzene rings is 2. The Labute approximate surface area is 135 Å². The fourth-order valence-electron chi connectivity index (χ4n) is 2.25. The van der Waals surface area contributed by atoms with Gasteiger partial charge in [-0.15, -0.1) is 0 Å². The minimum atomic E-state index is -1.08. The van der Waals surface area contributed by atoms with Crippen LogP contribution in [0.2, 0.25) is 0 Å². The molecule has 0 aliphatic carbocycles. The molecule has 0 radical (unpaired) electrons. The Morgan fingerprint density at radius 3 is 2.75 bits per heavy atom. The van der Waals surface area contributed by atoms with E-state index >= 15 is 0 Å². The van der Waals surface area contributed by atoms with Gasteiger partial charge in [-0.3, -0.25) is 4.79 Å². The molecule has 24 heavy (non-hydrogen) atoms. The number of halogens is 2. The summed E-state index contributed by atoms with van der Waals surface area (Å²) in [6.45, 7) is 1.35. The summed E-state index contributed by atoms with van der Waals surface area (Å²) in [5.41, 5.74) is 0.634. The lowest BCUT2D eigenvalue weighted by Crippen LogP contribution is -2.11. The first-order valence-electron chi connectivity index (χ1n) is 7.10. The number of carbonyl (C=O) groups excluding carboxylic acids is 1. The molecule has 0 amide bonds. The molecular formula is C18H12F2O4. The van der Waals surface area contributed by atoms with Crippen molar-refractivity contribution in [2.45, 2.75) is 13.5 Å². The SMILES string of the molecule is Cc1ccc2oc(C(=O)OCc3cccc(F)c3F)cc(=O)c2c1. The van der Waals surface area contributed by atoms with Crippen molar-refractivity contribution >= 4 is 16.9 Å². The molecule has 1 aromatic heterocycles.